The van der Waals surface area contributed by atoms with Crippen LogP contribution in [0.3, 0.4) is 0 Å². The molecule has 0 fully saturated rings. The SMILES string of the molecule is [Fe].[O]=[Mn][OH]. The van der Waals surface area contributed by atoms with Crippen molar-refractivity contribution in [1.82, 2.24) is 0 Å². The molecule has 0 amide bonds. The van der Waals surface area contributed by atoms with Crippen molar-refractivity contribution in [2.75, 3.05) is 0 Å². The number of hydrogen-bond acceptors (Lipinski definition) is 1. The molecule has 28 valence electrons. The van der Waals surface area contributed by atoms with Gasteiger partial charge in [0.2, 0.25) is 0 Å². The zero-order valence-corrected chi connectivity index (χ0v) is 3.87. The first-order valence-corrected chi connectivity index (χ1v) is 1.33. The van der Waals surface area contributed by atoms with E-state index in [4.69, 9.17) is 8.02 Å². The molecule has 0 bridgehead atoms. The van der Waals surface area contributed by atoms with Gasteiger partial charge in [0.25, 0.3) is 0 Å². The molecule has 0 saturated heterocycles. The minimum absolute atomic E-state index is 0. The third-order valence-electron chi connectivity index (χ3n) is 0. The molecule has 0 aromatic rings. The molecule has 0 radical (unpaired) electrons. The van der Waals surface area contributed by atoms with Gasteiger partial charge in [0.05, 0.1) is 0 Å². The van der Waals surface area contributed by atoms with Crippen LogP contribution in [0.25, 0.3) is 0 Å². The van der Waals surface area contributed by atoms with Crippen LogP contribution in [0.2, 0.25) is 0 Å². The zero-order chi connectivity index (χ0) is 2.71. The van der Waals surface area contributed by atoms with Gasteiger partial charge < -0.3 is 0 Å². The second kappa shape index (κ2) is 9.20. The number of hydrogen-bond donors (Lipinski definition) is 1. The first kappa shape index (κ1) is 8.84. The molecule has 0 aliphatic rings. The summed E-state index contributed by atoms with van der Waals surface area (Å²) in [5, 5.41) is 0. The summed E-state index contributed by atoms with van der Waals surface area (Å²) in [5.41, 5.74) is 0. The molecule has 0 spiro atoms. The molecule has 2 nitrogen and oxygen atoms in total. The molecule has 0 saturated carbocycles. The summed E-state index contributed by atoms with van der Waals surface area (Å²) in [6.07, 6.45) is 0. The van der Waals surface area contributed by atoms with Gasteiger partial charge in [-0.15, -0.1) is 0 Å². The van der Waals surface area contributed by atoms with E-state index in [1.54, 1.807) is 0 Å². The van der Waals surface area contributed by atoms with Crippen molar-refractivity contribution >= 4 is 0 Å². The molecule has 0 aliphatic heterocycles. The Kier molecular flexibility index (Phi) is 20.3. The zero-order valence-electron chi connectivity index (χ0n) is 1.59. The van der Waals surface area contributed by atoms with E-state index in [-0.39, 0.29) is 17.1 Å². The van der Waals surface area contributed by atoms with Gasteiger partial charge >= 0.3 is 23.2 Å². The topological polar surface area (TPSA) is 37.3 Å². The van der Waals surface area contributed by atoms with Crippen molar-refractivity contribution in [2.24, 2.45) is 0 Å². The van der Waals surface area contributed by atoms with Gasteiger partial charge in [-0.3, -0.25) is 0 Å². The maximum atomic E-state index is 8.52. The van der Waals surface area contributed by atoms with Gasteiger partial charge in [-0.2, -0.15) is 0 Å². The van der Waals surface area contributed by atoms with Crippen molar-refractivity contribution in [3.05, 3.63) is 0 Å². The Balaban J connectivity index is 0. The fourth-order valence-electron chi connectivity index (χ4n) is 0. The van der Waals surface area contributed by atoms with Crippen LogP contribution in [0, 0.1) is 0 Å². The molecule has 0 aromatic heterocycles. The first-order chi connectivity index (χ1) is 1.41. The molecule has 0 unspecified atom stereocenters. The van der Waals surface area contributed by atoms with Gasteiger partial charge in [-0.25, -0.2) is 0 Å². The second-order valence-corrected chi connectivity index (χ2v) is 0.285. The fourth-order valence-corrected chi connectivity index (χ4v) is 0. The van der Waals surface area contributed by atoms with E-state index >= 15 is 0 Å². The van der Waals surface area contributed by atoms with Crippen molar-refractivity contribution in [3.8, 4) is 0 Å². The van der Waals surface area contributed by atoms with Gasteiger partial charge in [0.15, 0.2) is 0 Å². The van der Waals surface area contributed by atoms with Crippen LogP contribution in [-0.2, 0) is 36.1 Å². The third-order valence-corrected chi connectivity index (χ3v) is 0. The minimum atomic E-state index is -1.19. The Hall–Kier alpha value is 0.799. The maximum absolute atomic E-state index is 8.52. The molecule has 0 aromatic carbocycles. The third kappa shape index (κ3) is 14.2. The van der Waals surface area contributed by atoms with Crippen LogP contribution in [-0.4, -0.2) is 4.19 Å². The standard InChI is InChI=1S/Fe.Mn.H2O.O/h;;1H2;/q;+1;;/p-1. The average molecular weight is 144 g/mol. The molecular formula is HFeMnO2. The summed E-state index contributed by atoms with van der Waals surface area (Å²) in [6.45, 7) is 0. The van der Waals surface area contributed by atoms with Gasteiger partial charge in [0.1, 0.15) is 0 Å². The van der Waals surface area contributed by atoms with E-state index in [2.05, 4.69) is 0 Å². The monoisotopic (exact) mass is 144 g/mol. The predicted octanol–water partition coefficient (Wildman–Crippen LogP) is -0.681. The van der Waals surface area contributed by atoms with Gasteiger partial charge in [-0.1, -0.05) is 0 Å². The van der Waals surface area contributed by atoms with Crippen LogP contribution in [0.1, 0.15) is 0 Å². The molecule has 0 atom stereocenters. The van der Waals surface area contributed by atoms with Crippen molar-refractivity contribution in [1.29, 1.82) is 0 Å². The summed E-state index contributed by atoms with van der Waals surface area (Å²) in [4.78, 5) is 0. The first-order valence-electron chi connectivity index (χ1n) is 0.323. The van der Waals surface area contributed by atoms with E-state index in [1.165, 1.54) is 0 Å². The Bertz CT molecular complexity index is 13.5. The molecule has 4 heteroatoms. The normalized spacial score (nSPS) is 4.25. The molecule has 0 rings (SSSR count). The van der Waals surface area contributed by atoms with E-state index in [0.717, 1.165) is 0 Å². The Morgan fingerprint density at radius 3 is 1.75 bits per heavy atom. The summed E-state index contributed by atoms with van der Waals surface area (Å²) >= 11 is -1.19. The van der Waals surface area contributed by atoms with Crippen molar-refractivity contribution < 1.29 is 40.3 Å². The fraction of sp³-hybridized carbons (Fsp3) is 0. The Morgan fingerprint density at radius 2 is 1.75 bits per heavy atom. The Labute approximate surface area is 40.7 Å². The Morgan fingerprint density at radius 1 is 1.75 bits per heavy atom. The van der Waals surface area contributed by atoms with E-state index in [9.17, 15) is 0 Å². The van der Waals surface area contributed by atoms with Gasteiger partial charge in [-0.05, 0) is 0 Å². The average Bonchev–Trinajstić information content (AvgIpc) is 0.918. The second-order valence-electron chi connectivity index (χ2n) is 0.0690. The van der Waals surface area contributed by atoms with Gasteiger partial charge in [0, 0.05) is 17.1 Å². The molecule has 1 N–H and O–H groups in total. The summed E-state index contributed by atoms with van der Waals surface area (Å²) in [5.74, 6) is 0. The van der Waals surface area contributed by atoms with Crippen LogP contribution in [0.5, 0.6) is 0 Å². The molecular weight excluding hydrogens is 143 g/mol. The van der Waals surface area contributed by atoms with Crippen molar-refractivity contribution in [2.45, 2.75) is 0 Å². The summed E-state index contributed by atoms with van der Waals surface area (Å²) in [6, 6.07) is 0. The van der Waals surface area contributed by atoms with Crippen LogP contribution < -0.4 is 0 Å². The van der Waals surface area contributed by atoms with E-state index < -0.39 is 15.2 Å². The quantitative estimate of drug-likeness (QED) is 0.457. The molecule has 0 aliphatic carbocycles. The summed E-state index contributed by atoms with van der Waals surface area (Å²) in [7, 11) is 0. The van der Waals surface area contributed by atoms with Crippen LogP contribution >= 0.6 is 0 Å². The molecule has 4 heavy (non-hydrogen) atoms. The summed E-state index contributed by atoms with van der Waals surface area (Å²) < 4.78 is 15.6. The van der Waals surface area contributed by atoms with Crippen LogP contribution in [0.15, 0.2) is 0 Å². The van der Waals surface area contributed by atoms with Crippen LogP contribution in [0.4, 0.5) is 0 Å². The van der Waals surface area contributed by atoms with Crippen molar-refractivity contribution in [3.63, 3.8) is 0 Å². The number of rotatable bonds is 0. The van der Waals surface area contributed by atoms with E-state index in [0.29, 0.717) is 0 Å². The predicted molar refractivity (Wildman–Crippen MR) is 2.91 cm³/mol. The molecule has 0 heterocycles. The van der Waals surface area contributed by atoms with E-state index in [1.807, 2.05) is 0 Å².